The van der Waals surface area contributed by atoms with Gasteiger partial charge in [-0.2, -0.15) is 0 Å². The van der Waals surface area contributed by atoms with E-state index >= 15 is 0 Å². The van der Waals surface area contributed by atoms with E-state index in [-0.39, 0.29) is 6.61 Å². The van der Waals surface area contributed by atoms with Crippen LogP contribution in [0.5, 0.6) is 5.75 Å². The van der Waals surface area contributed by atoms with Gasteiger partial charge in [-0.3, -0.25) is 19.2 Å². The lowest BCUT2D eigenvalue weighted by Gasteiger charge is -2.45. The van der Waals surface area contributed by atoms with Crippen molar-refractivity contribution in [2.45, 2.75) is 71.1 Å². The molecule has 5 unspecified atom stereocenters. The molecule has 4 rings (SSSR count). The van der Waals surface area contributed by atoms with E-state index in [0.29, 0.717) is 35.8 Å². The molecule has 11 heteroatoms. The molecule has 0 aliphatic carbocycles. The number of ether oxygens (including phenoxy) is 6. The number of benzene rings is 2. The van der Waals surface area contributed by atoms with Crippen LogP contribution >= 0.6 is 11.6 Å². The van der Waals surface area contributed by atoms with E-state index in [1.807, 2.05) is 30.3 Å². The van der Waals surface area contributed by atoms with Gasteiger partial charge in [0.25, 0.3) is 0 Å². The van der Waals surface area contributed by atoms with E-state index in [2.05, 4.69) is 6.58 Å². The Balaban J connectivity index is 1.84. The second-order valence-corrected chi connectivity index (χ2v) is 10.5. The van der Waals surface area contributed by atoms with Crippen LogP contribution < -0.4 is 4.74 Å². The van der Waals surface area contributed by atoms with Gasteiger partial charge in [0, 0.05) is 39.7 Å². The summed E-state index contributed by atoms with van der Waals surface area (Å²) in [6.45, 7) is 8.64. The molecule has 1 saturated heterocycles. The third-order valence-corrected chi connectivity index (χ3v) is 7.35. The molecule has 2 aromatic carbocycles. The number of halogens is 1. The molecule has 0 amide bonds. The highest BCUT2D eigenvalue weighted by Gasteiger charge is 2.53. The van der Waals surface area contributed by atoms with E-state index < -0.39 is 54.4 Å². The molecule has 0 radical (unpaired) electrons. The van der Waals surface area contributed by atoms with Crippen molar-refractivity contribution >= 4 is 41.6 Å². The maximum Gasteiger partial charge on any atom is 0.303 e. The minimum absolute atomic E-state index is 0.316. The second-order valence-electron chi connectivity index (χ2n) is 10.1. The molecule has 2 aliphatic heterocycles. The summed E-state index contributed by atoms with van der Waals surface area (Å²) in [5.74, 6) is -2.17. The summed E-state index contributed by atoms with van der Waals surface area (Å²) >= 11 is 6.83. The van der Waals surface area contributed by atoms with Crippen LogP contribution in [0, 0.1) is 0 Å². The first-order valence-corrected chi connectivity index (χ1v) is 13.8. The SMILES string of the molecule is C=Cc1ccc(Cc2cc(C3OC(COC(C)=O)C(OC(C)=O)C(OC(C)=O)C3OC(C)=O)c3c(c2Cl)OCC3)cc1. The normalized spacial score (nSPS) is 22.7. The van der Waals surface area contributed by atoms with Crippen LogP contribution in [0.3, 0.4) is 0 Å². The number of carbonyl (C=O) groups excluding carboxylic acids is 4. The summed E-state index contributed by atoms with van der Waals surface area (Å²) < 4.78 is 34.4. The molecule has 2 aliphatic rings. The summed E-state index contributed by atoms with van der Waals surface area (Å²) in [5, 5.41) is 0.449. The zero-order chi connectivity index (χ0) is 30.6. The van der Waals surface area contributed by atoms with E-state index in [9.17, 15) is 19.2 Å². The summed E-state index contributed by atoms with van der Waals surface area (Å²) in [6, 6.07) is 9.68. The average Bonchev–Trinajstić information content (AvgIpc) is 3.42. The van der Waals surface area contributed by atoms with E-state index in [1.54, 1.807) is 6.08 Å². The number of hydrogen-bond acceptors (Lipinski definition) is 10. The van der Waals surface area contributed by atoms with Gasteiger partial charge in [-0.15, -0.1) is 0 Å². The number of rotatable bonds is 9. The number of fused-ring (bicyclic) bond motifs is 1. The van der Waals surface area contributed by atoms with Crippen molar-refractivity contribution in [3.63, 3.8) is 0 Å². The predicted octanol–water partition coefficient (Wildman–Crippen LogP) is 4.31. The molecule has 10 nitrogen and oxygen atoms in total. The van der Waals surface area contributed by atoms with Gasteiger partial charge in [-0.25, -0.2) is 0 Å². The first kappa shape index (κ1) is 31.1. The predicted molar refractivity (Wildman–Crippen MR) is 151 cm³/mol. The zero-order valence-corrected chi connectivity index (χ0v) is 24.6. The summed E-state index contributed by atoms with van der Waals surface area (Å²) in [7, 11) is 0. The van der Waals surface area contributed by atoms with Gasteiger partial charge in [0.05, 0.1) is 11.6 Å². The van der Waals surface area contributed by atoms with Crippen molar-refractivity contribution in [3.05, 3.63) is 69.8 Å². The van der Waals surface area contributed by atoms with Gasteiger partial charge in [0.15, 0.2) is 18.3 Å². The lowest BCUT2D eigenvalue weighted by atomic mass is 9.86. The Labute approximate surface area is 248 Å². The molecular weight excluding hydrogens is 568 g/mol. The van der Waals surface area contributed by atoms with Crippen molar-refractivity contribution in [2.24, 2.45) is 0 Å². The summed E-state index contributed by atoms with van der Waals surface area (Å²) in [6.07, 6.45) is -3.15. The molecule has 2 aromatic rings. The lowest BCUT2D eigenvalue weighted by Crippen LogP contribution is -2.59. The molecule has 42 heavy (non-hydrogen) atoms. The number of carbonyl (C=O) groups is 4. The van der Waals surface area contributed by atoms with E-state index in [4.69, 9.17) is 40.0 Å². The molecule has 2 heterocycles. The largest absolute Gasteiger partial charge is 0.491 e. The van der Waals surface area contributed by atoms with Crippen molar-refractivity contribution in [1.82, 2.24) is 0 Å². The summed E-state index contributed by atoms with van der Waals surface area (Å²) in [4.78, 5) is 48.4. The van der Waals surface area contributed by atoms with Crippen LogP contribution in [0.25, 0.3) is 6.08 Å². The molecule has 0 saturated carbocycles. The highest BCUT2D eigenvalue weighted by molar-refractivity contribution is 6.33. The van der Waals surface area contributed by atoms with Crippen LogP contribution in [0.1, 0.15) is 61.6 Å². The van der Waals surface area contributed by atoms with Gasteiger partial charge in [-0.1, -0.05) is 54.6 Å². The Morgan fingerprint density at radius 1 is 0.929 bits per heavy atom. The zero-order valence-electron chi connectivity index (χ0n) is 23.8. The standard InChI is InChI=1S/C31H33ClO10/c1-6-20-7-9-21(10-8-20)13-22-14-24(23-11-12-37-27(23)26(22)32)28-30(40-18(4)35)31(41-19(5)36)29(39-17(3)34)25(42-28)15-38-16(2)33/h6-10,14,25,28-31H,1,11-13,15H2,2-5H3. The third-order valence-electron chi connectivity index (χ3n) is 6.94. The van der Waals surface area contributed by atoms with Crippen LogP contribution in [0.15, 0.2) is 36.9 Å². The third kappa shape index (κ3) is 7.11. The molecule has 0 spiro atoms. The average molecular weight is 601 g/mol. The summed E-state index contributed by atoms with van der Waals surface area (Å²) in [5.41, 5.74) is 4.02. The second kappa shape index (κ2) is 13.4. The topological polar surface area (TPSA) is 124 Å². The Morgan fingerprint density at radius 2 is 1.55 bits per heavy atom. The Morgan fingerprint density at radius 3 is 2.14 bits per heavy atom. The molecule has 224 valence electrons. The smallest absolute Gasteiger partial charge is 0.303 e. The molecule has 5 atom stereocenters. The fourth-order valence-electron chi connectivity index (χ4n) is 5.26. The highest BCUT2D eigenvalue weighted by Crippen LogP contribution is 2.46. The fraction of sp³-hybridized carbons (Fsp3) is 0.419. The monoisotopic (exact) mass is 600 g/mol. The van der Waals surface area contributed by atoms with Gasteiger partial charge in [0.2, 0.25) is 0 Å². The van der Waals surface area contributed by atoms with Crippen LogP contribution in [0.2, 0.25) is 5.02 Å². The van der Waals surface area contributed by atoms with Crippen molar-refractivity contribution in [1.29, 1.82) is 0 Å². The molecule has 0 aromatic heterocycles. The Hall–Kier alpha value is -3.89. The Bertz CT molecular complexity index is 1370. The maximum atomic E-state index is 12.3. The van der Waals surface area contributed by atoms with E-state index in [0.717, 1.165) is 22.3 Å². The maximum absolute atomic E-state index is 12.3. The fourth-order valence-corrected chi connectivity index (χ4v) is 5.55. The lowest BCUT2D eigenvalue weighted by molar-refractivity contribution is -0.254. The first-order valence-electron chi connectivity index (χ1n) is 13.5. The number of hydrogen-bond donors (Lipinski definition) is 0. The minimum Gasteiger partial charge on any atom is -0.491 e. The van der Waals surface area contributed by atoms with Gasteiger partial charge in [0.1, 0.15) is 24.6 Å². The van der Waals surface area contributed by atoms with Gasteiger partial charge >= 0.3 is 23.9 Å². The van der Waals surface area contributed by atoms with Gasteiger partial charge in [-0.05, 0) is 28.7 Å². The van der Waals surface area contributed by atoms with Crippen LogP contribution in [-0.2, 0) is 55.7 Å². The van der Waals surface area contributed by atoms with Crippen LogP contribution in [-0.4, -0.2) is 61.5 Å². The van der Waals surface area contributed by atoms with Crippen molar-refractivity contribution in [2.75, 3.05) is 13.2 Å². The van der Waals surface area contributed by atoms with Crippen LogP contribution in [0.4, 0.5) is 0 Å². The Kier molecular flexibility index (Phi) is 9.90. The molecular formula is C31H33ClO10. The molecule has 0 N–H and O–H groups in total. The van der Waals surface area contributed by atoms with Crippen molar-refractivity contribution < 1.29 is 47.6 Å². The van der Waals surface area contributed by atoms with E-state index in [1.165, 1.54) is 27.7 Å². The first-order chi connectivity index (χ1) is 20.0. The quantitative estimate of drug-likeness (QED) is 0.304. The molecule has 1 fully saturated rings. The highest BCUT2D eigenvalue weighted by atomic mass is 35.5. The minimum atomic E-state index is -1.28. The molecule has 0 bridgehead atoms. The number of esters is 4. The van der Waals surface area contributed by atoms with Gasteiger partial charge < -0.3 is 28.4 Å². The van der Waals surface area contributed by atoms with Crippen molar-refractivity contribution in [3.8, 4) is 5.75 Å².